The van der Waals surface area contributed by atoms with Gasteiger partial charge in [0.1, 0.15) is 12.2 Å². The lowest BCUT2D eigenvalue weighted by Gasteiger charge is -2.12. The van der Waals surface area contributed by atoms with Crippen LogP contribution >= 0.6 is 11.3 Å². The van der Waals surface area contributed by atoms with Crippen LogP contribution in [-0.2, 0) is 6.42 Å². The molecule has 0 radical (unpaired) electrons. The van der Waals surface area contributed by atoms with Crippen molar-refractivity contribution >= 4 is 11.3 Å². The zero-order valence-corrected chi connectivity index (χ0v) is 10.3. The molecule has 86 valence electrons. The number of aromatic amines is 1. The Bertz CT molecular complexity index is 421. The predicted molar refractivity (Wildman–Crippen MR) is 65.6 cm³/mol. The number of H-pyrrole nitrogens is 1. The van der Waals surface area contributed by atoms with Gasteiger partial charge in [-0.05, 0) is 30.9 Å². The molecule has 2 aromatic rings. The van der Waals surface area contributed by atoms with Crippen molar-refractivity contribution in [2.75, 3.05) is 6.54 Å². The molecule has 2 aromatic heterocycles. The van der Waals surface area contributed by atoms with Crippen molar-refractivity contribution in [1.82, 2.24) is 20.5 Å². The first-order chi connectivity index (χ1) is 7.77. The zero-order valence-electron chi connectivity index (χ0n) is 9.53. The molecular weight excluding hydrogens is 220 g/mol. The molecule has 0 saturated carbocycles. The Kier molecular flexibility index (Phi) is 3.69. The molecule has 0 spiro atoms. The molecule has 2 rings (SSSR count). The predicted octanol–water partition coefficient (Wildman–Crippen LogP) is 2.07. The van der Waals surface area contributed by atoms with Gasteiger partial charge in [-0.3, -0.25) is 5.10 Å². The Hall–Kier alpha value is -1.20. The fourth-order valence-electron chi connectivity index (χ4n) is 1.68. The fraction of sp³-hybridized carbons (Fsp3) is 0.455. The third kappa shape index (κ3) is 2.68. The summed E-state index contributed by atoms with van der Waals surface area (Å²) in [4.78, 5) is 5.50. The molecule has 0 aliphatic carbocycles. The average Bonchev–Trinajstić information content (AvgIpc) is 2.88. The van der Waals surface area contributed by atoms with Crippen LogP contribution in [-0.4, -0.2) is 21.7 Å². The molecule has 0 bridgehead atoms. The molecule has 2 heterocycles. The summed E-state index contributed by atoms with van der Waals surface area (Å²) >= 11 is 1.81. The first kappa shape index (κ1) is 11.3. The molecule has 0 aliphatic rings. The summed E-state index contributed by atoms with van der Waals surface area (Å²) in [5.74, 6) is 0.933. The zero-order chi connectivity index (χ0) is 11.4. The smallest absolute Gasteiger partial charge is 0.137 e. The van der Waals surface area contributed by atoms with Gasteiger partial charge < -0.3 is 5.32 Å². The van der Waals surface area contributed by atoms with Gasteiger partial charge in [-0.25, -0.2) is 4.98 Å². The summed E-state index contributed by atoms with van der Waals surface area (Å²) in [5, 5.41) is 12.3. The van der Waals surface area contributed by atoms with Gasteiger partial charge in [-0.15, -0.1) is 11.3 Å². The number of thiophene rings is 1. The fourth-order valence-corrected chi connectivity index (χ4v) is 2.64. The second-order valence-corrected chi connectivity index (χ2v) is 4.77. The third-order valence-electron chi connectivity index (χ3n) is 2.57. The molecule has 0 amide bonds. The number of hydrogen-bond acceptors (Lipinski definition) is 4. The van der Waals surface area contributed by atoms with Crippen LogP contribution in [0.25, 0.3) is 0 Å². The van der Waals surface area contributed by atoms with Crippen molar-refractivity contribution in [3.63, 3.8) is 0 Å². The number of rotatable bonds is 5. The van der Waals surface area contributed by atoms with Crippen LogP contribution in [0.4, 0.5) is 0 Å². The van der Waals surface area contributed by atoms with Crippen LogP contribution < -0.4 is 5.32 Å². The van der Waals surface area contributed by atoms with Crippen LogP contribution in [0, 0.1) is 6.92 Å². The Morgan fingerprint density at radius 3 is 3.06 bits per heavy atom. The van der Waals surface area contributed by atoms with Crippen molar-refractivity contribution < 1.29 is 0 Å². The monoisotopic (exact) mass is 236 g/mol. The second-order valence-electron chi connectivity index (χ2n) is 3.83. The summed E-state index contributed by atoms with van der Waals surface area (Å²) in [6.45, 7) is 5.26. The lowest BCUT2D eigenvalue weighted by molar-refractivity contribution is 0.576. The molecule has 16 heavy (non-hydrogen) atoms. The van der Waals surface area contributed by atoms with Crippen molar-refractivity contribution in [1.29, 1.82) is 0 Å². The van der Waals surface area contributed by atoms with Gasteiger partial charge >= 0.3 is 0 Å². The van der Waals surface area contributed by atoms with Crippen molar-refractivity contribution in [3.8, 4) is 0 Å². The van der Waals surface area contributed by atoms with Gasteiger partial charge in [0.05, 0.1) is 0 Å². The Labute approximate surface area is 99.1 Å². The molecule has 2 N–H and O–H groups in total. The van der Waals surface area contributed by atoms with E-state index in [9.17, 15) is 0 Å². The molecule has 0 aromatic carbocycles. The largest absolute Gasteiger partial charge is 0.309 e. The Morgan fingerprint density at radius 2 is 2.44 bits per heavy atom. The highest BCUT2D eigenvalue weighted by Crippen LogP contribution is 2.23. The molecular formula is C11H16N4S. The number of nitrogens with zero attached hydrogens (tertiary/aromatic N) is 2. The van der Waals surface area contributed by atoms with Gasteiger partial charge in [0.2, 0.25) is 0 Å². The Balaban J connectivity index is 1.80. The number of aryl methyl sites for hydroxylation is 1. The maximum atomic E-state index is 4.09. The molecule has 1 atom stereocenters. The van der Waals surface area contributed by atoms with Gasteiger partial charge in [0, 0.05) is 23.9 Å². The van der Waals surface area contributed by atoms with E-state index in [1.807, 2.05) is 11.3 Å². The van der Waals surface area contributed by atoms with E-state index in [2.05, 4.69) is 45.8 Å². The van der Waals surface area contributed by atoms with Crippen LogP contribution in [0.3, 0.4) is 0 Å². The average molecular weight is 236 g/mol. The van der Waals surface area contributed by atoms with Crippen LogP contribution in [0.15, 0.2) is 17.8 Å². The Morgan fingerprint density at radius 1 is 1.56 bits per heavy atom. The van der Waals surface area contributed by atoms with E-state index < -0.39 is 0 Å². The van der Waals surface area contributed by atoms with E-state index in [-0.39, 0.29) is 0 Å². The normalized spacial score (nSPS) is 12.9. The summed E-state index contributed by atoms with van der Waals surface area (Å²) < 4.78 is 0. The SMILES string of the molecule is Cc1ccsc1C(C)NCCc1ncn[nH]1. The molecule has 4 nitrogen and oxygen atoms in total. The van der Waals surface area contributed by atoms with E-state index >= 15 is 0 Å². The van der Waals surface area contributed by atoms with Crippen molar-refractivity contribution in [3.05, 3.63) is 34.0 Å². The van der Waals surface area contributed by atoms with E-state index in [1.165, 1.54) is 10.4 Å². The van der Waals surface area contributed by atoms with E-state index in [4.69, 9.17) is 0 Å². The molecule has 1 unspecified atom stereocenters. The minimum Gasteiger partial charge on any atom is -0.309 e. The summed E-state index contributed by atoms with van der Waals surface area (Å²) in [7, 11) is 0. The minimum atomic E-state index is 0.405. The standard InChI is InChI=1S/C11H16N4S/c1-8-4-6-16-11(8)9(2)12-5-3-10-13-7-14-15-10/h4,6-7,9,12H,3,5H2,1-2H3,(H,13,14,15). The summed E-state index contributed by atoms with van der Waals surface area (Å²) in [6.07, 6.45) is 2.43. The highest BCUT2D eigenvalue weighted by molar-refractivity contribution is 7.10. The number of aromatic nitrogens is 3. The molecule has 0 aliphatic heterocycles. The first-order valence-electron chi connectivity index (χ1n) is 5.39. The number of nitrogens with one attached hydrogen (secondary N) is 2. The molecule has 0 saturated heterocycles. The first-order valence-corrected chi connectivity index (χ1v) is 6.27. The van der Waals surface area contributed by atoms with Crippen LogP contribution in [0.5, 0.6) is 0 Å². The quantitative estimate of drug-likeness (QED) is 0.835. The van der Waals surface area contributed by atoms with Gasteiger partial charge in [-0.1, -0.05) is 0 Å². The second kappa shape index (κ2) is 5.23. The van der Waals surface area contributed by atoms with Crippen LogP contribution in [0.2, 0.25) is 0 Å². The van der Waals surface area contributed by atoms with Gasteiger partial charge in [0.15, 0.2) is 0 Å². The lowest BCUT2D eigenvalue weighted by Crippen LogP contribution is -2.21. The summed E-state index contributed by atoms with van der Waals surface area (Å²) in [6, 6.07) is 2.57. The van der Waals surface area contributed by atoms with Crippen LogP contribution in [0.1, 0.15) is 29.2 Å². The highest BCUT2D eigenvalue weighted by Gasteiger charge is 2.08. The molecule has 0 fully saturated rings. The number of hydrogen-bond donors (Lipinski definition) is 2. The van der Waals surface area contributed by atoms with Crippen molar-refractivity contribution in [2.24, 2.45) is 0 Å². The van der Waals surface area contributed by atoms with Gasteiger partial charge in [0.25, 0.3) is 0 Å². The van der Waals surface area contributed by atoms with E-state index in [0.29, 0.717) is 6.04 Å². The lowest BCUT2D eigenvalue weighted by atomic mass is 10.2. The maximum absolute atomic E-state index is 4.09. The maximum Gasteiger partial charge on any atom is 0.137 e. The van der Waals surface area contributed by atoms with E-state index in [1.54, 1.807) is 6.33 Å². The molecule has 5 heteroatoms. The van der Waals surface area contributed by atoms with Gasteiger partial charge in [-0.2, -0.15) is 5.10 Å². The van der Waals surface area contributed by atoms with E-state index in [0.717, 1.165) is 18.8 Å². The summed E-state index contributed by atoms with van der Waals surface area (Å²) in [5.41, 5.74) is 1.37. The topological polar surface area (TPSA) is 53.6 Å². The minimum absolute atomic E-state index is 0.405. The van der Waals surface area contributed by atoms with Crippen molar-refractivity contribution in [2.45, 2.75) is 26.3 Å². The highest BCUT2D eigenvalue weighted by atomic mass is 32.1. The third-order valence-corrected chi connectivity index (χ3v) is 3.77.